The van der Waals surface area contributed by atoms with Crippen molar-refractivity contribution in [2.24, 2.45) is 7.05 Å². The highest BCUT2D eigenvalue weighted by Crippen LogP contribution is 2.24. The number of Topliss-reactive ketones (excluding diaryl/α,β-unsaturated/α-hetero) is 1. The van der Waals surface area contributed by atoms with Crippen LogP contribution in [-0.2, 0) is 18.3 Å². The number of carbonyl (C=O) groups is 1. The van der Waals surface area contributed by atoms with E-state index in [1.165, 1.54) is 0 Å². The van der Waals surface area contributed by atoms with Gasteiger partial charge in [-0.3, -0.25) is 9.69 Å². The summed E-state index contributed by atoms with van der Waals surface area (Å²) in [5.74, 6) is 1.09. The van der Waals surface area contributed by atoms with Crippen molar-refractivity contribution in [3.63, 3.8) is 0 Å². The molecule has 1 aromatic heterocycles. The molecule has 96 valence electrons. The van der Waals surface area contributed by atoms with Crippen molar-refractivity contribution >= 4 is 5.78 Å². The predicted molar refractivity (Wildman–Crippen MR) is 68.9 cm³/mol. The average Bonchev–Trinajstić information content (AvgIpc) is 2.66. The van der Waals surface area contributed by atoms with Crippen LogP contribution in [-0.4, -0.2) is 39.9 Å². The molecule has 0 aliphatic rings. The smallest absolute Gasteiger partial charge is 0.160 e. The molecule has 1 rings (SSSR count). The molecule has 17 heavy (non-hydrogen) atoms. The third-order valence-electron chi connectivity index (χ3n) is 3.78. The van der Waals surface area contributed by atoms with Crippen molar-refractivity contribution in [1.29, 1.82) is 0 Å². The Morgan fingerprint density at radius 3 is 2.35 bits per heavy atom. The molecule has 0 amide bonds. The van der Waals surface area contributed by atoms with Gasteiger partial charge in [-0.1, -0.05) is 13.8 Å². The lowest BCUT2D eigenvalue weighted by molar-refractivity contribution is -0.129. The normalized spacial score (nSPS) is 12.1. The number of rotatable bonds is 6. The number of aromatic nitrogens is 2. The number of carbonyl (C=O) groups excluding carboxylic acids is 1. The summed E-state index contributed by atoms with van der Waals surface area (Å²) in [5.41, 5.74) is -0.355. The summed E-state index contributed by atoms with van der Waals surface area (Å²) in [6.07, 6.45) is 5.68. The first-order valence-corrected chi connectivity index (χ1v) is 6.14. The second-order valence-electron chi connectivity index (χ2n) is 4.69. The fourth-order valence-corrected chi connectivity index (χ4v) is 2.40. The van der Waals surface area contributed by atoms with E-state index in [1.807, 2.05) is 36.8 Å². The zero-order valence-electron chi connectivity index (χ0n) is 11.5. The SMILES string of the molecule is CCC(CC)(C(=O)Cc1nccn1C)N(C)C. The van der Waals surface area contributed by atoms with Gasteiger partial charge in [0, 0.05) is 19.4 Å². The summed E-state index contributed by atoms with van der Waals surface area (Å²) in [6, 6.07) is 0. The standard InChI is InChI=1S/C13H23N3O/c1-6-13(7-2,15(3)4)11(17)10-12-14-8-9-16(12)5/h8-9H,6-7,10H2,1-5H3. The number of imidazole rings is 1. The molecule has 0 unspecified atom stereocenters. The molecule has 0 spiro atoms. The van der Waals surface area contributed by atoms with Gasteiger partial charge < -0.3 is 4.57 Å². The van der Waals surface area contributed by atoms with E-state index in [1.54, 1.807) is 6.20 Å². The molecule has 0 bridgehead atoms. The van der Waals surface area contributed by atoms with Gasteiger partial charge in [0.05, 0.1) is 12.0 Å². The summed E-state index contributed by atoms with van der Waals surface area (Å²) >= 11 is 0. The minimum Gasteiger partial charge on any atom is -0.338 e. The second-order valence-corrected chi connectivity index (χ2v) is 4.69. The lowest BCUT2D eigenvalue weighted by Crippen LogP contribution is -2.51. The van der Waals surface area contributed by atoms with Crippen LogP contribution < -0.4 is 0 Å². The summed E-state index contributed by atoms with van der Waals surface area (Å²) in [4.78, 5) is 18.8. The molecule has 0 saturated carbocycles. The molecule has 4 nitrogen and oxygen atoms in total. The highest BCUT2D eigenvalue weighted by Gasteiger charge is 2.36. The first-order chi connectivity index (χ1) is 7.97. The first-order valence-electron chi connectivity index (χ1n) is 6.14. The molecule has 1 aromatic rings. The van der Waals surface area contributed by atoms with E-state index in [2.05, 4.69) is 18.8 Å². The van der Waals surface area contributed by atoms with Gasteiger partial charge in [-0.25, -0.2) is 4.98 Å². The molecule has 0 saturated heterocycles. The Labute approximate surface area is 104 Å². The number of ketones is 1. The Morgan fingerprint density at radius 1 is 1.41 bits per heavy atom. The van der Waals surface area contributed by atoms with Crippen LogP contribution in [0, 0.1) is 0 Å². The molecule has 0 radical (unpaired) electrons. The van der Waals surface area contributed by atoms with Crippen LogP contribution >= 0.6 is 0 Å². The van der Waals surface area contributed by atoms with E-state index < -0.39 is 0 Å². The predicted octanol–water partition coefficient (Wildman–Crippen LogP) is 1.65. The van der Waals surface area contributed by atoms with Gasteiger partial charge in [0.15, 0.2) is 5.78 Å². The molecule has 0 aromatic carbocycles. The number of likely N-dealkylation sites (N-methyl/N-ethyl adjacent to an activating group) is 1. The minimum atomic E-state index is -0.355. The molecule has 1 heterocycles. The fraction of sp³-hybridized carbons (Fsp3) is 0.692. The van der Waals surface area contributed by atoms with E-state index >= 15 is 0 Å². The Kier molecular flexibility index (Phi) is 4.46. The van der Waals surface area contributed by atoms with Crippen molar-refractivity contribution in [2.45, 2.75) is 38.6 Å². The minimum absolute atomic E-state index is 0.252. The Balaban J connectivity index is 2.91. The maximum atomic E-state index is 12.5. The quantitative estimate of drug-likeness (QED) is 0.755. The number of nitrogens with zero attached hydrogens (tertiary/aromatic N) is 3. The largest absolute Gasteiger partial charge is 0.338 e. The summed E-state index contributed by atoms with van der Waals surface area (Å²) < 4.78 is 1.91. The molecular weight excluding hydrogens is 214 g/mol. The second kappa shape index (κ2) is 5.45. The molecule has 0 atom stereocenters. The van der Waals surface area contributed by atoms with Crippen molar-refractivity contribution in [2.75, 3.05) is 14.1 Å². The Hall–Kier alpha value is -1.16. The lowest BCUT2D eigenvalue weighted by Gasteiger charge is -2.37. The van der Waals surface area contributed by atoms with Gasteiger partial charge in [0.25, 0.3) is 0 Å². The van der Waals surface area contributed by atoms with Crippen LogP contribution in [0.15, 0.2) is 12.4 Å². The third-order valence-corrected chi connectivity index (χ3v) is 3.78. The summed E-state index contributed by atoms with van der Waals surface area (Å²) in [6.45, 7) is 4.14. The van der Waals surface area contributed by atoms with E-state index in [4.69, 9.17) is 0 Å². The highest BCUT2D eigenvalue weighted by atomic mass is 16.1. The van der Waals surface area contributed by atoms with Gasteiger partial charge in [-0.15, -0.1) is 0 Å². The molecule has 0 N–H and O–H groups in total. The van der Waals surface area contributed by atoms with Crippen LogP contribution in [0.5, 0.6) is 0 Å². The van der Waals surface area contributed by atoms with Crippen LogP contribution in [0.2, 0.25) is 0 Å². The molecule has 4 heteroatoms. The highest BCUT2D eigenvalue weighted by molar-refractivity contribution is 5.89. The van der Waals surface area contributed by atoms with E-state index in [0.29, 0.717) is 6.42 Å². The van der Waals surface area contributed by atoms with Gasteiger partial charge >= 0.3 is 0 Å². The monoisotopic (exact) mass is 237 g/mol. The lowest BCUT2D eigenvalue weighted by atomic mass is 9.85. The van der Waals surface area contributed by atoms with Crippen LogP contribution in [0.1, 0.15) is 32.5 Å². The van der Waals surface area contributed by atoms with Crippen LogP contribution in [0.25, 0.3) is 0 Å². The van der Waals surface area contributed by atoms with Gasteiger partial charge in [0.1, 0.15) is 5.82 Å². The average molecular weight is 237 g/mol. The van der Waals surface area contributed by atoms with Gasteiger partial charge in [-0.2, -0.15) is 0 Å². The fourth-order valence-electron chi connectivity index (χ4n) is 2.40. The molecular formula is C13H23N3O. The molecule has 0 fully saturated rings. The number of hydrogen-bond acceptors (Lipinski definition) is 3. The Bertz CT molecular complexity index is 378. The maximum absolute atomic E-state index is 12.5. The molecule has 0 aliphatic heterocycles. The van der Waals surface area contributed by atoms with Gasteiger partial charge in [0.2, 0.25) is 0 Å². The van der Waals surface area contributed by atoms with Crippen LogP contribution in [0.4, 0.5) is 0 Å². The maximum Gasteiger partial charge on any atom is 0.160 e. The first kappa shape index (κ1) is 13.9. The third kappa shape index (κ3) is 2.57. The van der Waals surface area contributed by atoms with Crippen molar-refractivity contribution in [1.82, 2.24) is 14.5 Å². The van der Waals surface area contributed by atoms with E-state index in [9.17, 15) is 4.79 Å². The Morgan fingerprint density at radius 2 is 2.00 bits per heavy atom. The zero-order valence-corrected chi connectivity index (χ0v) is 11.5. The van der Waals surface area contributed by atoms with E-state index in [0.717, 1.165) is 18.7 Å². The van der Waals surface area contributed by atoms with Crippen molar-refractivity contribution < 1.29 is 4.79 Å². The van der Waals surface area contributed by atoms with Gasteiger partial charge in [-0.05, 0) is 26.9 Å². The number of hydrogen-bond donors (Lipinski definition) is 0. The van der Waals surface area contributed by atoms with Crippen LogP contribution in [0.3, 0.4) is 0 Å². The van der Waals surface area contributed by atoms with Crippen molar-refractivity contribution in [3.8, 4) is 0 Å². The summed E-state index contributed by atoms with van der Waals surface area (Å²) in [7, 11) is 5.87. The number of aryl methyl sites for hydroxylation is 1. The van der Waals surface area contributed by atoms with E-state index in [-0.39, 0.29) is 11.3 Å². The summed E-state index contributed by atoms with van der Waals surface area (Å²) in [5, 5.41) is 0. The zero-order chi connectivity index (χ0) is 13.1. The topological polar surface area (TPSA) is 38.1 Å². The molecule has 0 aliphatic carbocycles. The van der Waals surface area contributed by atoms with Crippen molar-refractivity contribution in [3.05, 3.63) is 18.2 Å².